The Morgan fingerprint density at radius 3 is 2.31 bits per heavy atom. The van der Waals surface area contributed by atoms with E-state index in [2.05, 4.69) is 15.9 Å². The number of carbonyl (C=O) groups is 1. The van der Waals surface area contributed by atoms with Gasteiger partial charge in [0, 0.05) is 11.1 Å². The van der Waals surface area contributed by atoms with E-state index in [9.17, 15) is 4.79 Å². The van der Waals surface area contributed by atoms with E-state index in [4.69, 9.17) is 10.5 Å². The van der Waals surface area contributed by atoms with Gasteiger partial charge >= 0.3 is 0 Å². The number of alkyl halides is 1. The Hall–Kier alpha value is -1.91. The SMILES string of the molecule is N#CC(C#N)=C1c2ccccc2C(=O)C1Br. The van der Waals surface area contributed by atoms with Crippen LogP contribution in [0.3, 0.4) is 0 Å². The molecule has 1 aromatic rings. The minimum Gasteiger partial charge on any atom is -0.293 e. The highest BCUT2D eigenvalue weighted by Crippen LogP contribution is 2.38. The topological polar surface area (TPSA) is 64.7 Å². The summed E-state index contributed by atoms with van der Waals surface area (Å²) in [5.41, 5.74) is 1.70. The average molecular weight is 273 g/mol. The number of Topliss-reactive ketones (excluding diaryl/α,β-unsaturated/α-hetero) is 1. The Morgan fingerprint density at radius 2 is 1.75 bits per heavy atom. The van der Waals surface area contributed by atoms with Crippen molar-refractivity contribution in [2.24, 2.45) is 0 Å². The van der Waals surface area contributed by atoms with Crippen molar-refractivity contribution in [3.05, 3.63) is 41.0 Å². The van der Waals surface area contributed by atoms with Crippen LogP contribution in [0.5, 0.6) is 0 Å². The summed E-state index contributed by atoms with van der Waals surface area (Å²) in [6.45, 7) is 0. The van der Waals surface area contributed by atoms with Gasteiger partial charge in [0.25, 0.3) is 0 Å². The van der Waals surface area contributed by atoms with E-state index in [1.807, 2.05) is 12.1 Å². The van der Waals surface area contributed by atoms with Crippen molar-refractivity contribution in [1.29, 1.82) is 10.5 Å². The molecule has 0 spiro atoms. The van der Waals surface area contributed by atoms with Gasteiger partial charge in [0.2, 0.25) is 0 Å². The van der Waals surface area contributed by atoms with Crippen molar-refractivity contribution < 1.29 is 4.79 Å². The van der Waals surface area contributed by atoms with Crippen molar-refractivity contribution in [3.8, 4) is 12.1 Å². The van der Waals surface area contributed by atoms with Crippen LogP contribution in [0.15, 0.2) is 29.8 Å². The third kappa shape index (κ3) is 1.36. The van der Waals surface area contributed by atoms with Crippen LogP contribution in [0.1, 0.15) is 15.9 Å². The maximum absolute atomic E-state index is 11.8. The Labute approximate surface area is 101 Å². The number of ketones is 1. The van der Waals surface area contributed by atoms with Gasteiger partial charge in [-0.1, -0.05) is 40.2 Å². The maximum atomic E-state index is 11.8. The molecule has 1 atom stereocenters. The van der Waals surface area contributed by atoms with Crippen molar-refractivity contribution in [3.63, 3.8) is 0 Å². The van der Waals surface area contributed by atoms with Gasteiger partial charge in [0.1, 0.15) is 22.5 Å². The summed E-state index contributed by atoms with van der Waals surface area (Å²) in [6, 6.07) is 10.6. The monoisotopic (exact) mass is 272 g/mol. The zero-order valence-electron chi connectivity index (χ0n) is 8.07. The lowest BCUT2D eigenvalue weighted by molar-refractivity contribution is 0.101. The first kappa shape index (κ1) is 10.6. The molecule has 0 bridgehead atoms. The molecule has 0 aromatic heterocycles. The average Bonchev–Trinajstić information content (AvgIpc) is 2.57. The van der Waals surface area contributed by atoms with Gasteiger partial charge in [-0.2, -0.15) is 10.5 Å². The number of hydrogen-bond donors (Lipinski definition) is 0. The Morgan fingerprint density at radius 1 is 1.19 bits per heavy atom. The molecule has 0 saturated heterocycles. The molecular weight excluding hydrogens is 268 g/mol. The van der Waals surface area contributed by atoms with Gasteiger partial charge in [-0.05, 0) is 5.56 Å². The lowest BCUT2D eigenvalue weighted by Crippen LogP contribution is -2.06. The second-order valence-corrected chi connectivity index (χ2v) is 4.20. The van der Waals surface area contributed by atoms with Crippen LogP contribution in [0.2, 0.25) is 0 Å². The van der Waals surface area contributed by atoms with Gasteiger partial charge in [-0.15, -0.1) is 0 Å². The first-order valence-electron chi connectivity index (χ1n) is 4.52. The first-order chi connectivity index (χ1) is 7.70. The van der Waals surface area contributed by atoms with Gasteiger partial charge in [0.05, 0.1) is 0 Å². The van der Waals surface area contributed by atoms with E-state index in [1.165, 1.54) is 0 Å². The fourth-order valence-corrected chi connectivity index (χ4v) is 2.47. The molecule has 0 amide bonds. The predicted octanol–water partition coefficient (Wildman–Crippen LogP) is 2.45. The van der Waals surface area contributed by atoms with Crippen LogP contribution in [-0.4, -0.2) is 10.6 Å². The summed E-state index contributed by atoms with van der Waals surface area (Å²) < 4.78 is 0. The molecule has 1 aliphatic rings. The molecule has 4 heteroatoms. The molecule has 0 saturated carbocycles. The fourth-order valence-electron chi connectivity index (χ4n) is 1.74. The van der Waals surface area contributed by atoms with Gasteiger partial charge in [-0.3, -0.25) is 4.79 Å². The number of fused-ring (bicyclic) bond motifs is 1. The summed E-state index contributed by atoms with van der Waals surface area (Å²) in [6.07, 6.45) is 0. The van der Waals surface area contributed by atoms with Gasteiger partial charge in [-0.25, -0.2) is 0 Å². The molecule has 1 unspecified atom stereocenters. The molecule has 2 rings (SSSR count). The second kappa shape index (κ2) is 3.92. The minimum atomic E-state index is -0.584. The van der Waals surface area contributed by atoms with Crippen LogP contribution < -0.4 is 0 Å². The molecular formula is C12H5BrN2O. The van der Waals surface area contributed by atoms with Crippen LogP contribution in [-0.2, 0) is 0 Å². The molecule has 1 aliphatic carbocycles. The predicted molar refractivity (Wildman–Crippen MR) is 61.6 cm³/mol. The summed E-state index contributed by atoms with van der Waals surface area (Å²) in [5.74, 6) is -0.103. The van der Waals surface area contributed by atoms with Crippen molar-refractivity contribution in [2.75, 3.05) is 0 Å². The van der Waals surface area contributed by atoms with E-state index < -0.39 is 4.83 Å². The normalized spacial score (nSPS) is 17.6. The Balaban J connectivity index is 2.78. The largest absolute Gasteiger partial charge is 0.293 e. The number of rotatable bonds is 0. The molecule has 0 radical (unpaired) electrons. The lowest BCUT2D eigenvalue weighted by Gasteiger charge is -2.01. The third-order valence-corrected chi connectivity index (χ3v) is 3.33. The lowest BCUT2D eigenvalue weighted by atomic mass is 10.0. The van der Waals surface area contributed by atoms with E-state index in [0.717, 1.165) is 0 Å². The number of nitrogens with zero attached hydrogens (tertiary/aromatic N) is 2. The molecule has 3 nitrogen and oxygen atoms in total. The first-order valence-corrected chi connectivity index (χ1v) is 5.44. The van der Waals surface area contributed by atoms with E-state index >= 15 is 0 Å². The van der Waals surface area contributed by atoms with Crippen molar-refractivity contribution in [1.82, 2.24) is 0 Å². The standard InChI is InChI=1S/C12H5BrN2O/c13-11-10(7(5-14)6-15)8-3-1-2-4-9(8)12(11)16/h1-4,11H. The van der Waals surface area contributed by atoms with Crippen LogP contribution in [0.25, 0.3) is 5.57 Å². The molecule has 16 heavy (non-hydrogen) atoms. The Kier molecular flexibility index (Phi) is 2.60. The third-order valence-electron chi connectivity index (χ3n) is 2.46. The maximum Gasteiger partial charge on any atom is 0.181 e. The quantitative estimate of drug-likeness (QED) is 0.538. The van der Waals surface area contributed by atoms with Crippen molar-refractivity contribution >= 4 is 27.3 Å². The highest BCUT2D eigenvalue weighted by atomic mass is 79.9. The smallest absolute Gasteiger partial charge is 0.181 e. The van der Waals surface area contributed by atoms with Crippen LogP contribution in [0.4, 0.5) is 0 Å². The molecule has 0 N–H and O–H groups in total. The number of nitriles is 2. The van der Waals surface area contributed by atoms with E-state index in [0.29, 0.717) is 16.7 Å². The second-order valence-electron chi connectivity index (χ2n) is 3.28. The number of allylic oxidation sites excluding steroid dienone is 2. The molecule has 0 fully saturated rings. The highest BCUT2D eigenvalue weighted by molar-refractivity contribution is 9.10. The molecule has 1 aromatic carbocycles. The Bertz CT molecular complexity index is 574. The summed E-state index contributed by atoms with van der Waals surface area (Å²) in [4.78, 5) is 11.3. The van der Waals surface area contributed by atoms with Gasteiger partial charge in [0.15, 0.2) is 5.78 Å². The van der Waals surface area contributed by atoms with Crippen molar-refractivity contribution in [2.45, 2.75) is 4.83 Å². The minimum absolute atomic E-state index is 0.0137. The zero-order chi connectivity index (χ0) is 11.7. The fraction of sp³-hybridized carbons (Fsp3) is 0.0833. The molecule has 76 valence electrons. The zero-order valence-corrected chi connectivity index (χ0v) is 9.65. The number of carbonyl (C=O) groups excluding carboxylic acids is 1. The number of hydrogen-bond acceptors (Lipinski definition) is 3. The van der Waals surface area contributed by atoms with Crippen LogP contribution >= 0.6 is 15.9 Å². The summed E-state index contributed by atoms with van der Waals surface area (Å²) in [7, 11) is 0. The van der Waals surface area contributed by atoms with E-state index in [1.54, 1.807) is 24.3 Å². The van der Waals surface area contributed by atoms with E-state index in [-0.39, 0.29) is 11.4 Å². The molecule has 0 aliphatic heterocycles. The summed E-state index contributed by atoms with van der Waals surface area (Å²) >= 11 is 3.22. The summed E-state index contributed by atoms with van der Waals surface area (Å²) in [5, 5.41) is 17.7. The number of halogens is 1. The van der Waals surface area contributed by atoms with Crippen LogP contribution in [0, 0.1) is 22.7 Å². The highest BCUT2D eigenvalue weighted by Gasteiger charge is 2.35. The number of benzene rings is 1. The molecule has 0 heterocycles. The van der Waals surface area contributed by atoms with Gasteiger partial charge < -0.3 is 0 Å².